The molecular weight excluding hydrogens is 380 g/mol. The Morgan fingerprint density at radius 3 is 2.14 bits per heavy atom. The molecule has 0 aliphatic rings. The summed E-state index contributed by atoms with van der Waals surface area (Å²) in [6, 6.07) is 12.4. The highest BCUT2D eigenvalue weighted by molar-refractivity contribution is 5.93. The Labute approximate surface area is 182 Å². The van der Waals surface area contributed by atoms with E-state index in [1.807, 2.05) is 12.1 Å². The number of carbonyl (C=O) groups is 1. The average Bonchev–Trinajstić information content (AvgIpc) is 2.64. The van der Waals surface area contributed by atoms with Crippen LogP contribution in [0.25, 0.3) is 10.8 Å². The van der Waals surface area contributed by atoms with E-state index in [2.05, 4.69) is 75.9 Å². The SMILES string of the molecule is CC(C)=CCN(CC=C(C)C)CCC(C(N)=O)c1c(C)ccc2ccccc12.Cl. The number of hydrogen-bond donors (Lipinski definition) is 1. The van der Waals surface area contributed by atoms with E-state index in [9.17, 15) is 4.79 Å². The van der Waals surface area contributed by atoms with Crippen LogP contribution in [0.4, 0.5) is 0 Å². The van der Waals surface area contributed by atoms with Gasteiger partial charge in [0.05, 0.1) is 5.92 Å². The van der Waals surface area contributed by atoms with Crippen molar-refractivity contribution in [1.29, 1.82) is 0 Å². The van der Waals surface area contributed by atoms with Crippen molar-refractivity contribution >= 4 is 29.1 Å². The number of nitrogens with two attached hydrogens (primary N) is 1. The fraction of sp³-hybridized carbons (Fsp3) is 0.400. The van der Waals surface area contributed by atoms with Crippen LogP contribution in [-0.4, -0.2) is 30.4 Å². The van der Waals surface area contributed by atoms with E-state index in [1.165, 1.54) is 11.1 Å². The van der Waals surface area contributed by atoms with E-state index in [0.717, 1.165) is 48.0 Å². The van der Waals surface area contributed by atoms with Crippen molar-refractivity contribution in [1.82, 2.24) is 4.90 Å². The van der Waals surface area contributed by atoms with Crippen LogP contribution in [0.15, 0.2) is 59.7 Å². The molecule has 0 heterocycles. The molecule has 1 unspecified atom stereocenters. The zero-order valence-electron chi connectivity index (χ0n) is 18.4. The quantitative estimate of drug-likeness (QED) is 0.530. The van der Waals surface area contributed by atoms with E-state index in [4.69, 9.17) is 5.73 Å². The zero-order valence-corrected chi connectivity index (χ0v) is 19.2. The third-order valence-electron chi connectivity index (χ3n) is 5.13. The van der Waals surface area contributed by atoms with E-state index < -0.39 is 0 Å². The number of hydrogen-bond acceptors (Lipinski definition) is 2. The molecule has 2 rings (SSSR count). The van der Waals surface area contributed by atoms with Gasteiger partial charge in [-0.05, 0) is 69.5 Å². The minimum Gasteiger partial charge on any atom is -0.369 e. The van der Waals surface area contributed by atoms with Gasteiger partial charge in [-0.3, -0.25) is 9.69 Å². The molecule has 4 heteroatoms. The lowest BCUT2D eigenvalue weighted by molar-refractivity contribution is -0.119. The summed E-state index contributed by atoms with van der Waals surface area (Å²) in [5.41, 5.74) is 10.7. The molecule has 29 heavy (non-hydrogen) atoms. The van der Waals surface area contributed by atoms with Crippen molar-refractivity contribution in [2.45, 2.75) is 47.0 Å². The minimum atomic E-state index is -0.285. The molecule has 0 fully saturated rings. The highest BCUT2D eigenvalue weighted by Crippen LogP contribution is 2.31. The van der Waals surface area contributed by atoms with Crippen LogP contribution in [0.5, 0.6) is 0 Å². The molecule has 1 amide bonds. The van der Waals surface area contributed by atoms with Gasteiger partial charge in [-0.25, -0.2) is 0 Å². The summed E-state index contributed by atoms with van der Waals surface area (Å²) < 4.78 is 0. The number of nitrogens with zero attached hydrogens (tertiary/aromatic N) is 1. The molecule has 1 atom stereocenters. The van der Waals surface area contributed by atoms with Crippen molar-refractivity contribution in [3.8, 4) is 0 Å². The highest BCUT2D eigenvalue weighted by atomic mass is 35.5. The Morgan fingerprint density at radius 1 is 1.00 bits per heavy atom. The molecule has 2 N–H and O–H groups in total. The smallest absolute Gasteiger partial charge is 0.225 e. The predicted octanol–water partition coefficient (Wildman–Crippen LogP) is 5.76. The van der Waals surface area contributed by atoms with Gasteiger partial charge in [-0.15, -0.1) is 12.4 Å². The molecule has 158 valence electrons. The van der Waals surface area contributed by atoms with Crippen molar-refractivity contribution in [2.24, 2.45) is 5.73 Å². The second-order valence-corrected chi connectivity index (χ2v) is 8.08. The Balaban J connectivity index is 0.00000420. The molecule has 0 aromatic heterocycles. The summed E-state index contributed by atoms with van der Waals surface area (Å²) in [6.07, 6.45) is 5.19. The molecule has 2 aromatic rings. The van der Waals surface area contributed by atoms with E-state index in [1.54, 1.807) is 0 Å². The molecular formula is C25H35ClN2O. The Morgan fingerprint density at radius 2 is 1.59 bits per heavy atom. The predicted molar refractivity (Wildman–Crippen MR) is 128 cm³/mol. The largest absolute Gasteiger partial charge is 0.369 e. The van der Waals surface area contributed by atoms with E-state index >= 15 is 0 Å². The number of allylic oxidation sites excluding steroid dienone is 2. The maximum atomic E-state index is 12.4. The van der Waals surface area contributed by atoms with Gasteiger partial charge in [0.2, 0.25) is 5.91 Å². The van der Waals surface area contributed by atoms with Crippen LogP contribution in [0, 0.1) is 6.92 Å². The van der Waals surface area contributed by atoms with Crippen LogP contribution in [0.2, 0.25) is 0 Å². The lowest BCUT2D eigenvalue weighted by Crippen LogP contribution is -2.30. The summed E-state index contributed by atoms with van der Waals surface area (Å²) in [4.78, 5) is 14.8. The molecule has 0 saturated carbocycles. The van der Waals surface area contributed by atoms with E-state index in [-0.39, 0.29) is 24.2 Å². The van der Waals surface area contributed by atoms with Crippen LogP contribution in [0.1, 0.15) is 51.2 Å². The molecule has 0 saturated heterocycles. The third-order valence-corrected chi connectivity index (χ3v) is 5.13. The maximum Gasteiger partial charge on any atom is 0.225 e. The number of benzene rings is 2. The van der Waals surface area contributed by atoms with Crippen LogP contribution >= 0.6 is 12.4 Å². The summed E-state index contributed by atoms with van der Waals surface area (Å²) in [5, 5.41) is 2.28. The molecule has 2 aromatic carbocycles. The summed E-state index contributed by atoms with van der Waals surface area (Å²) in [6.45, 7) is 13.1. The molecule has 0 spiro atoms. The van der Waals surface area contributed by atoms with Crippen LogP contribution < -0.4 is 5.73 Å². The first-order valence-corrected chi connectivity index (χ1v) is 10.1. The second-order valence-electron chi connectivity index (χ2n) is 8.08. The van der Waals surface area contributed by atoms with Gasteiger partial charge in [0, 0.05) is 13.1 Å². The standard InChI is InChI=1S/C25H34N2O.ClH/c1-18(2)12-15-27(16-13-19(3)4)17-14-23(25(26)28)24-20(5)10-11-21-8-6-7-9-22(21)24;/h6-13,23H,14-17H2,1-5H3,(H2,26,28);1H. The van der Waals surface area contributed by atoms with Crippen molar-refractivity contribution in [3.05, 3.63) is 70.8 Å². The zero-order chi connectivity index (χ0) is 20.7. The average molecular weight is 415 g/mol. The summed E-state index contributed by atoms with van der Waals surface area (Å²) >= 11 is 0. The first-order chi connectivity index (χ1) is 13.3. The number of amides is 1. The van der Waals surface area contributed by atoms with Gasteiger partial charge >= 0.3 is 0 Å². The minimum absolute atomic E-state index is 0. The van der Waals surface area contributed by atoms with Gasteiger partial charge in [0.1, 0.15) is 0 Å². The lowest BCUT2D eigenvalue weighted by Gasteiger charge is -2.24. The maximum absolute atomic E-state index is 12.4. The second kappa shape index (κ2) is 11.8. The molecule has 0 bridgehead atoms. The third kappa shape index (κ3) is 7.34. The fourth-order valence-corrected chi connectivity index (χ4v) is 3.49. The van der Waals surface area contributed by atoms with Gasteiger partial charge in [0.25, 0.3) is 0 Å². The van der Waals surface area contributed by atoms with Gasteiger partial charge in [0.15, 0.2) is 0 Å². The normalized spacial score (nSPS) is 11.7. The van der Waals surface area contributed by atoms with Gasteiger partial charge in [-0.1, -0.05) is 59.7 Å². The van der Waals surface area contributed by atoms with Crippen molar-refractivity contribution < 1.29 is 4.79 Å². The van der Waals surface area contributed by atoms with Gasteiger partial charge in [-0.2, -0.15) is 0 Å². The Hall–Kier alpha value is -2.10. The van der Waals surface area contributed by atoms with Gasteiger partial charge < -0.3 is 5.73 Å². The number of carbonyl (C=O) groups excluding carboxylic acids is 1. The topological polar surface area (TPSA) is 46.3 Å². The Bertz CT molecular complexity index is 858. The summed E-state index contributed by atoms with van der Waals surface area (Å²) in [7, 11) is 0. The first-order valence-electron chi connectivity index (χ1n) is 10.1. The number of fused-ring (bicyclic) bond motifs is 1. The van der Waals surface area contributed by atoms with Crippen molar-refractivity contribution in [3.63, 3.8) is 0 Å². The molecule has 0 radical (unpaired) electrons. The fourth-order valence-electron chi connectivity index (χ4n) is 3.49. The molecule has 0 aliphatic carbocycles. The molecule has 3 nitrogen and oxygen atoms in total. The van der Waals surface area contributed by atoms with Crippen LogP contribution in [0.3, 0.4) is 0 Å². The van der Waals surface area contributed by atoms with Crippen LogP contribution in [-0.2, 0) is 4.79 Å². The summed E-state index contributed by atoms with van der Waals surface area (Å²) in [5.74, 6) is -0.532. The monoisotopic (exact) mass is 414 g/mol. The molecule has 0 aliphatic heterocycles. The number of aryl methyl sites for hydroxylation is 1. The van der Waals surface area contributed by atoms with E-state index in [0.29, 0.717) is 0 Å². The number of primary amides is 1. The number of rotatable bonds is 9. The first kappa shape index (κ1) is 24.9. The number of halogens is 1. The highest BCUT2D eigenvalue weighted by Gasteiger charge is 2.22. The van der Waals surface area contributed by atoms with Crippen molar-refractivity contribution in [2.75, 3.05) is 19.6 Å². The lowest BCUT2D eigenvalue weighted by atomic mass is 9.87. The Kier molecular flexibility index (Phi) is 10.1.